The van der Waals surface area contributed by atoms with Crippen molar-refractivity contribution in [2.24, 2.45) is 0 Å². The van der Waals surface area contributed by atoms with E-state index in [0.717, 1.165) is 77.7 Å². The van der Waals surface area contributed by atoms with E-state index in [2.05, 4.69) is 36.8 Å². The van der Waals surface area contributed by atoms with E-state index in [1.54, 1.807) is 0 Å². The molecule has 1 amide bonds. The summed E-state index contributed by atoms with van der Waals surface area (Å²) >= 11 is 12.6. The highest BCUT2D eigenvalue weighted by Crippen LogP contribution is 2.39. The second-order valence-corrected chi connectivity index (χ2v) is 13.1. The third-order valence-electron chi connectivity index (χ3n) is 9.34. The molecule has 45 heavy (non-hydrogen) atoms. The lowest BCUT2D eigenvalue weighted by molar-refractivity contribution is 0.0894. The second-order valence-electron chi connectivity index (χ2n) is 12.2. The number of aromatic amines is 1. The topological polar surface area (TPSA) is 69.2 Å². The molecule has 2 aliphatic rings. The number of benzene rings is 3. The number of carbonyl (C=O) groups excluding carboxylic acids is 1. The van der Waals surface area contributed by atoms with E-state index in [1.165, 1.54) is 25.7 Å². The van der Waals surface area contributed by atoms with Gasteiger partial charge < -0.3 is 14.9 Å². The Labute approximate surface area is 274 Å². The molecule has 2 aromatic heterocycles. The molecule has 0 atom stereocenters. The SMILES string of the molecule is O=C(NCCN1CCN(C2CCCC2)CC1)c1[nH]c2cc(Cl)ccc2c1-c1c(-c2ccccc2)ncn1Cc1ccc(Cl)cc1. The quantitative estimate of drug-likeness (QED) is 0.177. The van der Waals surface area contributed by atoms with Crippen LogP contribution in [0.4, 0.5) is 0 Å². The summed E-state index contributed by atoms with van der Waals surface area (Å²) in [6.07, 6.45) is 7.28. The van der Waals surface area contributed by atoms with E-state index in [1.807, 2.05) is 67.0 Å². The summed E-state index contributed by atoms with van der Waals surface area (Å²) in [4.78, 5) is 27.4. The first-order valence-corrected chi connectivity index (χ1v) is 16.7. The molecular weight excluding hydrogens is 603 g/mol. The third kappa shape index (κ3) is 6.54. The summed E-state index contributed by atoms with van der Waals surface area (Å²) in [6.45, 7) is 6.31. The molecule has 9 heteroatoms. The van der Waals surface area contributed by atoms with Gasteiger partial charge in [0.15, 0.2) is 0 Å². The van der Waals surface area contributed by atoms with Gasteiger partial charge in [0.1, 0.15) is 5.69 Å². The monoisotopic (exact) mass is 640 g/mol. The van der Waals surface area contributed by atoms with Crippen LogP contribution in [0, 0.1) is 0 Å². The molecule has 0 bridgehead atoms. The Morgan fingerprint density at radius 3 is 2.40 bits per heavy atom. The smallest absolute Gasteiger partial charge is 0.268 e. The number of amides is 1. The van der Waals surface area contributed by atoms with Crippen LogP contribution < -0.4 is 5.32 Å². The molecule has 1 aliphatic heterocycles. The number of carbonyl (C=O) groups is 1. The predicted molar refractivity (Wildman–Crippen MR) is 183 cm³/mol. The lowest BCUT2D eigenvalue weighted by atomic mass is 10.0. The molecule has 232 valence electrons. The molecule has 3 aromatic carbocycles. The van der Waals surface area contributed by atoms with Gasteiger partial charge in [-0.1, -0.05) is 84.6 Å². The average Bonchev–Trinajstić information content (AvgIpc) is 3.82. The first-order valence-electron chi connectivity index (χ1n) is 15.9. The van der Waals surface area contributed by atoms with E-state index in [4.69, 9.17) is 28.2 Å². The highest BCUT2D eigenvalue weighted by atomic mass is 35.5. The Balaban J connectivity index is 1.18. The normalized spacial score (nSPS) is 16.5. The number of H-pyrrole nitrogens is 1. The number of hydrogen-bond donors (Lipinski definition) is 2. The van der Waals surface area contributed by atoms with Gasteiger partial charge in [0.05, 0.1) is 17.7 Å². The number of nitrogens with zero attached hydrogens (tertiary/aromatic N) is 4. The molecule has 1 aliphatic carbocycles. The van der Waals surface area contributed by atoms with E-state index in [0.29, 0.717) is 28.8 Å². The number of hydrogen-bond acceptors (Lipinski definition) is 4. The third-order valence-corrected chi connectivity index (χ3v) is 9.82. The van der Waals surface area contributed by atoms with Gasteiger partial charge in [-0.05, 0) is 42.7 Å². The maximum absolute atomic E-state index is 14.0. The van der Waals surface area contributed by atoms with Crippen LogP contribution in [0.1, 0.15) is 41.7 Å². The standard InChI is InChI=1S/C36H38Cl2N6O/c37-27-12-10-25(11-13-27)23-44-24-40-33(26-6-2-1-3-7-26)35(44)32-30-15-14-28(38)22-31(30)41-34(32)36(45)39-16-17-42-18-20-43(21-19-42)29-8-4-5-9-29/h1-3,6-7,10-15,22,24,29,41H,4-5,8-9,16-21,23H2,(H,39,45). The van der Waals surface area contributed by atoms with Crippen LogP contribution in [0.3, 0.4) is 0 Å². The molecule has 0 radical (unpaired) electrons. The zero-order chi connectivity index (χ0) is 30.8. The molecular formula is C36H38Cl2N6O. The fourth-order valence-electron chi connectivity index (χ4n) is 6.98. The number of nitrogens with one attached hydrogen (secondary N) is 2. The summed E-state index contributed by atoms with van der Waals surface area (Å²) < 4.78 is 2.11. The average molecular weight is 642 g/mol. The first-order chi connectivity index (χ1) is 22.0. The van der Waals surface area contributed by atoms with Crippen molar-refractivity contribution in [1.82, 2.24) is 29.7 Å². The minimum absolute atomic E-state index is 0.139. The molecule has 2 N–H and O–H groups in total. The van der Waals surface area contributed by atoms with Gasteiger partial charge in [0, 0.05) is 83.9 Å². The van der Waals surface area contributed by atoms with Crippen LogP contribution in [-0.2, 0) is 6.54 Å². The van der Waals surface area contributed by atoms with E-state index < -0.39 is 0 Å². The van der Waals surface area contributed by atoms with Crippen LogP contribution in [0.5, 0.6) is 0 Å². The molecule has 7 rings (SSSR count). The maximum atomic E-state index is 14.0. The summed E-state index contributed by atoms with van der Waals surface area (Å²) in [7, 11) is 0. The lowest BCUT2D eigenvalue weighted by Crippen LogP contribution is -2.51. The van der Waals surface area contributed by atoms with Crippen molar-refractivity contribution in [3.63, 3.8) is 0 Å². The highest BCUT2D eigenvalue weighted by Gasteiger charge is 2.28. The first kappa shape index (κ1) is 30.1. The van der Waals surface area contributed by atoms with Crippen molar-refractivity contribution >= 4 is 40.0 Å². The highest BCUT2D eigenvalue weighted by molar-refractivity contribution is 6.31. The van der Waals surface area contributed by atoms with Crippen molar-refractivity contribution in [2.45, 2.75) is 38.3 Å². The van der Waals surface area contributed by atoms with Crippen LogP contribution in [-0.4, -0.2) is 75.6 Å². The van der Waals surface area contributed by atoms with Gasteiger partial charge in [-0.25, -0.2) is 4.98 Å². The van der Waals surface area contributed by atoms with Crippen molar-refractivity contribution in [2.75, 3.05) is 39.3 Å². The Morgan fingerprint density at radius 2 is 1.64 bits per heavy atom. The van der Waals surface area contributed by atoms with E-state index in [9.17, 15) is 4.79 Å². The summed E-state index contributed by atoms with van der Waals surface area (Å²) in [6, 6.07) is 24.4. The van der Waals surface area contributed by atoms with E-state index in [-0.39, 0.29) is 5.91 Å². The number of rotatable bonds is 9. The molecule has 1 saturated carbocycles. The van der Waals surface area contributed by atoms with E-state index >= 15 is 0 Å². The molecule has 7 nitrogen and oxygen atoms in total. The number of imidazole rings is 1. The Bertz CT molecular complexity index is 1770. The maximum Gasteiger partial charge on any atom is 0.268 e. The van der Waals surface area contributed by atoms with Crippen LogP contribution in [0.2, 0.25) is 10.0 Å². The van der Waals surface area contributed by atoms with Crippen LogP contribution in [0.25, 0.3) is 33.4 Å². The van der Waals surface area contributed by atoms with Crippen LogP contribution in [0.15, 0.2) is 79.1 Å². The number of halogens is 2. The second kappa shape index (κ2) is 13.4. The number of fused-ring (bicyclic) bond motifs is 1. The molecule has 2 fully saturated rings. The number of piperazine rings is 1. The number of aromatic nitrogens is 3. The van der Waals surface area contributed by atoms with Crippen molar-refractivity contribution in [1.29, 1.82) is 0 Å². The molecule has 5 aromatic rings. The largest absolute Gasteiger partial charge is 0.350 e. The summed E-state index contributed by atoms with van der Waals surface area (Å²) in [5.74, 6) is -0.139. The molecule has 3 heterocycles. The minimum atomic E-state index is -0.139. The van der Waals surface area contributed by atoms with Gasteiger partial charge in [0.2, 0.25) is 0 Å². The fourth-order valence-corrected chi connectivity index (χ4v) is 7.28. The zero-order valence-corrected chi connectivity index (χ0v) is 26.8. The summed E-state index contributed by atoms with van der Waals surface area (Å²) in [5, 5.41) is 5.44. The van der Waals surface area contributed by atoms with Crippen molar-refractivity contribution in [3.05, 3.63) is 100 Å². The molecule has 0 spiro atoms. The van der Waals surface area contributed by atoms with Gasteiger partial charge in [0.25, 0.3) is 5.91 Å². The van der Waals surface area contributed by atoms with Crippen molar-refractivity contribution < 1.29 is 4.79 Å². The van der Waals surface area contributed by atoms with Gasteiger partial charge >= 0.3 is 0 Å². The lowest BCUT2D eigenvalue weighted by Gasteiger charge is -2.38. The Morgan fingerprint density at radius 1 is 0.911 bits per heavy atom. The zero-order valence-electron chi connectivity index (χ0n) is 25.3. The van der Waals surface area contributed by atoms with Gasteiger partial charge in [-0.15, -0.1) is 0 Å². The minimum Gasteiger partial charge on any atom is -0.350 e. The predicted octanol–water partition coefficient (Wildman–Crippen LogP) is 7.34. The van der Waals surface area contributed by atoms with Crippen LogP contribution >= 0.6 is 23.2 Å². The Hall–Kier alpha value is -3.62. The fraction of sp³-hybridized carbons (Fsp3) is 0.333. The molecule has 0 unspecified atom stereocenters. The van der Waals surface area contributed by atoms with Gasteiger partial charge in [-0.2, -0.15) is 0 Å². The summed E-state index contributed by atoms with van der Waals surface area (Å²) in [5.41, 5.74) is 5.88. The van der Waals surface area contributed by atoms with Crippen molar-refractivity contribution in [3.8, 4) is 22.5 Å². The molecule has 1 saturated heterocycles. The van der Waals surface area contributed by atoms with Gasteiger partial charge in [-0.3, -0.25) is 14.6 Å². The Kier molecular flexibility index (Phi) is 8.94.